The summed E-state index contributed by atoms with van der Waals surface area (Å²) in [6, 6.07) is 11.6. The summed E-state index contributed by atoms with van der Waals surface area (Å²) in [6.07, 6.45) is 3.13. The van der Waals surface area contributed by atoms with Crippen molar-refractivity contribution in [2.45, 2.75) is 26.1 Å². The van der Waals surface area contributed by atoms with E-state index in [1.807, 2.05) is 6.07 Å². The highest BCUT2D eigenvalue weighted by Gasteiger charge is 2.16. The summed E-state index contributed by atoms with van der Waals surface area (Å²) in [4.78, 5) is 40.3. The molecule has 1 N–H and O–H groups in total. The summed E-state index contributed by atoms with van der Waals surface area (Å²) >= 11 is 0. The van der Waals surface area contributed by atoms with E-state index in [9.17, 15) is 18.8 Å². The first-order valence-electron chi connectivity index (χ1n) is 11.1. The van der Waals surface area contributed by atoms with E-state index in [0.29, 0.717) is 28.2 Å². The number of aromatic nitrogens is 4. The van der Waals surface area contributed by atoms with Crippen LogP contribution in [-0.2, 0) is 39.4 Å². The number of carbonyl (C=O) groups excluding carboxylic acids is 3. The van der Waals surface area contributed by atoms with Gasteiger partial charge in [0.1, 0.15) is 17.2 Å². The second-order valence-corrected chi connectivity index (χ2v) is 7.96. The van der Waals surface area contributed by atoms with Gasteiger partial charge < -0.3 is 19.4 Å². The van der Waals surface area contributed by atoms with Crippen molar-refractivity contribution >= 4 is 28.9 Å². The molecule has 10 nitrogen and oxygen atoms in total. The van der Waals surface area contributed by atoms with Gasteiger partial charge in [0.25, 0.3) is 5.91 Å². The topological polar surface area (TPSA) is 117 Å². The highest BCUT2D eigenvalue weighted by molar-refractivity contribution is 5.98. The lowest BCUT2D eigenvalue weighted by Crippen LogP contribution is -2.25. The summed E-state index contributed by atoms with van der Waals surface area (Å²) in [5.41, 5.74) is 2.68. The molecule has 0 aliphatic carbocycles. The van der Waals surface area contributed by atoms with Crippen LogP contribution in [0.25, 0.3) is 22.3 Å². The van der Waals surface area contributed by atoms with Gasteiger partial charge in [-0.05, 0) is 24.3 Å². The lowest BCUT2D eigenvalue weighted by Gasteiger charge is -2.07. The number of rotatable bonds is 9. The average Bonchev–Trinajstić information content (AvgIpc) is 3.49. The van der Waals surface area contributed by atoms with Crippen LogP contribution in [0.5, 0.6) is 0 Å². The monoisotopic (exact) mass is 493 g/mol. The summed E-state index contributed by atoms with van der Waals surface area (Å²) in [7, 11) is 2.98. The third-order valence-electron chi connectivity index (χ3n) is 5.55. The van der Waals surface area contributed by atoms with E-state index in [4.69, 9.17) is 4.74 Å². The Kier molecular flexibility index (Phi) is 7.38. The van der Waals surface area contributed by atoms with Crippen LogP contribution in [0.15, 0.2) is 54.9 Å². The van der Waals surface area contributed by atoms with Gasteiger partial charge in [0.2, 0.25) is 0 Å². The van der Waals surface area contributed by atoms with Crippen molar-refractivity contribution in [3.63, 3.8) is 0 Å². The van der Waals surface area contributed by atoms with E-state index in [0.717, 1.165) is 5.39 Å². The second-order valence-electron chi connectivity index (χ2n) is 7.96. The minimum Gasteiger partial charge on any atom is -0.469 e. The zero-order valence-corrected chi connectivity index (χ0v) is 19.7. The molecule has 0 spiro atoms. The molecule has 186 valence electrons. The molecule has 3 heterocycles. The Balaban J connectivity index is 1.43. The lowest BCUT2D eigenvalue weighted by atomic mass is 10.2. The molecule has 3 aromatic heterocycles. The number of aryl methyl sites for hydroxylation is 1. The van der Waals surface area contributed by atoms with Gasteiger partial charge in [0.15, 0.2) is 6.73 Å². The number of hydrogen-bond acceptors (Lipinski definition) is 7. The molecule has 1 aromatic carbocycles. The first-order chi connectivity index (χ1) is 17.4. The maximum absolute atomic E-state index is 13.8. The van der Waals surface area contributed by atoms with Crippen molar-refractivity contribution in [2.75, 3.05) is 7.11 Å². The first-order valence-corrected chi connectivity index (χ1v) is 11.1. The molecule has 0 saturated carbocycles. The Morgan fingerprint density at radius 1 is 1.08 bits per heavy atom. The van der Waals surface area contributed by atoms with E-state index in [1.165, 1.54) is 17.9 Å². The highest BCUT2D eigenvalue weighted by Crippen LogP contribution is 2.23. The van der Waals surface area contributed by atoms with E-state index < -0.39 is 11.9 Å². The Hall–Kier alpha value is -4.54. The van der Waals surface area contributed by atoms with Crippen LogP contribution in [-0.4, -0.2) is 44.3 Å². The Morgan fingerprint density at radius 3 is 2.64 bits per heavy atom. The highest BCUT2D eigenvalue weighted by atomic mass is 19.1. The number of hydrogen-bond donors (Lipinski definition) is 1. The molecule has 1 amide bonds. The summed E-state index contributed by atoms with van der Waals surface area (Å²) in [5.74, 6) is -1.75. The molecule has 11 heteroatoms. The van der Waals surface area contributed by atoms with Gasteiger partial charge in [0, 0.05) is 36.3 Å². The summed E-state index contributed by atoms with van der Waals surface area (Å²) in [6.45, 7) is -0.0448. The number of esters is 2. The van der Waals surface area contributed by atoms with Gasteiger partial charge in [0.05, 0.1) is 31.8 Å². The molecule has 0 radical (unpaired) electrons. The van der Waals surface area contributed by atoms with Crippen LogP contribution in [0.4, 0.5) is 4.39 Å². The molecule has 0 unspecified atom stereocenters. The quantitative estimate of drug-likeness (QED) is 0.356. The maximum Gasteiger partial charge on any atom is 0.308 e. The minimum atomic E-state index is -0.540. The number of amides is 1. The Labute approximate surface area is 205 Å². The number of fused-ring (bicyclic) bond motifs is 1. The van der Waals surface area contributed by atoms with E-state index >= 15 is 0 Å². The number of carbonyl (C=O) groups is 3. The number of benzene rings is 1. The standard InChI is InChI=1S/C25H24FN5O5/c1-30-21(25(34)27-12-17-5-3-4-6-19(17)26)11-16-7-8-20(29-24(16)30)18-13-28-31(14-18)15-36-23(33)10-9-22(32)35-2/h3-8,11,13-14H,9-10,12,15H2,1-2H3,(H,27,34). The maximum atomic E-state index is 13.8. The smallest absolute Gasteiger partial charge is 0.308 e. The number of ether oxygens (including phenoxy) is 2. The van der Waals surface area contributed by atoms with Crippen LogP contribution in [0.1, 0.15) is 28.9 Å². The number of pyridine rings is 1. The third-order valence-corrected chi connectivity index (χ3v) is 5.55. The number of methoxy groups -OCH3 is 1. The summed E-state index contributed by atoms with van der Waals surface area (Å²) in [5, 5.41) is 7.69. The van der Waals surface area contributed by atoms with Crippen LogP contribution >= 0.6 is 0 Å². The summed E-state index contributed by atoms with van der Waals surface area (Å²) < 4.78 is 26.6. The van der Waals surface area contributed by atoms with E-state index in [1.54, 1.807) is 54.3 Å². The van der Waals surface area contributed by atoms with Crippen molar-refractivity contribution < 1.29 is 28.2 Å². The van der Waals surface area contributed by atoms with Crippen molar-refractivity contribution in [1.29, 1.82) is 0 Å². The fourth-order valence-electron chi connectivity index (χ4n) is 3.57. The molecule has 4 aromatic rings. The fourth-order valence-corrected chi connectivity index (χ4v) is 3.57. The van der Waals surface area contributed by atoms with Gasteiger partial charge in [-0.1, -0.05) is 18.2 Å². The molecular formula is C25H24FN5O5. The lowest BCUT2D eigenvalue weighted by molar-refractivity contribution is -0.151. The predicted octanol–water partition coefficient (Wildman–Crippen LogP) is 2.96. The molecule has 4 rings (SSSR count). The predicted molar refractivity (Wildman–Crippen MR) is 127 cm³/mol. The Bertz CT molecular complexity index is 1430. The SMILES string of the molecule is COC(=O)CCC(=O)OCn1cc(-c2ccc3cc(C(=O)NCc4ccccc4F)n(C)c3n2)cn1. The molecule has 0 aliphatic heterocycles. The first kappa shape index (κ1) is 24.6. The number of nitrogens with zero attached hydrogens (tertiary/aromatic N) is 4. The zero-order valence-electron chi connectivity index (χ0n) is 19.7. The van der Waals surface area contributed by atoms with Crippen molar-refractivity contribution in [3.8, 4) is 11.3 Å². The number of nitrogens with one attached hydrogen (secondary N) is 1. The average molecular weight is 493 g/mol. The molecule has 0 aliphatic rings. The van der Waals surface area contributed by atoms with Gasteiger partial charge in [-0.3, -0.25) is 14.4 Å². The minimum absolute atomic E-state index is 0.0521. The zero-order chi connectivity index (χ0) is 25.7. The number of halogens is 1. The molecule has 0 bridgehead atoms. The van der Waals surface area contributed by atoms with Gasteiger partial charge in [-0.2, -0.15) is 5.10 Å². The van der Waals surface area contributed by atoms with Crippen LogP contribution < -0.4 is 5.32 Å². The van der Waals surface area contributed by atoms with Gasteiger partial charge >= 0.3 is 11.9 Å². The second kappa shape index (κ2) is 10.8. The third kappa shape index (κ3) is 5.57. The van der Waals surface area contributed by atoms with Gasteiger partial charge in [-0.25, -0.2) is 14.1 Å². The van der Waals surface area contributed by atoms with E-state index in [-0.39, 0.29) is 37.8 Å². The van der Waals surface area contributed by atoms with Crippen molar-refractivity contribution in [3.05, 3.63) is 71.9 Å². The Morgan fingerprint density at radius 2 is 1.86 bits per heavy atom. The van der Waals surface area contributed by atoms with E-state index in [2.05, 4.69) is 20.1 Å². The fraction of sp³-hybridized carbons (Fsp3) is 0.240. The molecular weight excluding hydrogens is 469 g/mol. The van der Waals surface area contributed by atoms with Crippen molar-refractivity contribution in [2.24, 2.45) is 7.05 Å². The van der Waals surface area contributed by atoms with Crippen LogP contribution in [0.2, 0.25) is 0 Å². The van der Waals surface area contributed by atoms with Crippen molar-refractivity contribution in [1.82, 2.24) is 24.6 Å². The van der Waals surface area contributed by atoms with Gasteiger partial charge in [-0.15, -0.1) is 0 Å². The largest absolute Gasteiger partial charge is 0.469 e. The normalized spacial score (nSPS) is 10.9. The molecule has 36 heavy (non-hydrogen) atoms. The molecule has 0 fully saturated rings. The molecule has 0 atom stereocenters. The molecule has 0 saturated heterocycles. The van der Waals surface area contributed by atoms with Crippen LogP contribution in [0, 0.1) is 5.82 Å². The van der Waals surface area contributed by atoms with Crippen LogP contribution in [0.3, 0.4) is 0 Å².